The highest BCUT2D eigenvalue weighted by Gasteiger charge is 2.14. The summed E-state index contributed by atoms with van der Waals surface area (Å²) in [6.07, 6.45) is 1.20. The SMILES string of the molecule is CCn1cc(C#N)c(=O)n(CC(=O)Nc2cccc(Oc3ccccc3)c2)c1=O. The molecule has 1 N–H and O–H groups in total. The van der Waals surface area contributed by atoms with Gasteiger partial charge in [0, 0.05) is 24.5 Å². The molecule has 0 saturated heterocycles. The zero-order chi connectivity index (χ0) is 20.8. The Morgan fingerprint density at radius 3 is 2.52 bits per heavy atom. The van der Waals surface area contributed by atoms with Crippen LogP contribution in [0.15, 0.2) is 70.4 Å². The quantitative estimate of drug-likeness (QED) is 0.695. The van der Waals surface area contributed by atoms with Crippen LogP contribution in [-0.2, 0) is 17.9 Å². The highest BCUT2D eigenvalue weighted by molar-refractivity contribution is 5.90. The summed E-state index contributed by atoms with van der Waals surface area (Å²) >= 11 is 0. The molecular weight excluding hydrogens is 372 g/mol. The molecule has 29 heavy (non-hydrogen) atoms. The molecule has 146 valence electrons. The lowest BCUT2D eigenvalue weighted by molar-refractivity contribution is -0.116. The molecule has 0 atom stereocenters. The molecular formula is C21H18N4O4. The molecule has 0 spiro atoms. The van der Waals surface area contributed by atoms with Crippen molar-refractivity contribution in [1.82, 2.24) is 9.13 Å². The second-order valence-electron chi connectivity index (χ2n) is 6.11. The fourth-order valence-electron chi connectivity index (χ4n) is 2.70. The van der Waals surface area contributed by atoms with Crippen molar-refractivity contribution in [2.45, 2.75) is 20.0 Å². The van der Waals surface area contributed by atoms with Gasteiger partial charge in [-0.1, -0.05) is 24.3 Å². The van der Waals surface area contributed by atoms with Gasteiger partial charge in [0.15, 0.2) is 0 Å². The van der Waals surface area contributed by atoms with Crippen molar-refractivity contribution in [3.63, 3.8) is 0 Å². The van der Waals surface area contributed by atoms with Crippen LogP contribution in [0.1, 0.15) is 12.5 Å². The van der Waals surface area contributed by atoms with Crippen LogP contribution in [0.3, 0.4) is 0 Å². The molecule has 0 saturated carbocycles. The molecule has 0 aliphatic rings. The number of nitrogens with zero attached hydrogens (tertiary/aromatic N) is 3. The maximum absolute atomic E-state index is 12.4. The van der Waals surface area contributed by atoms with Gasteiger partial charge >= 0.3 is 5.69 Å². The second kappa shape index (κ2) is 8.71. The Hall–Kier alpha value is -4.12. The second-order valence-corrected chi connectivity index (χ2v) is 6.11. The van der Waals surface area contributed by atoms with Crippen molar-refractivity contribution in [1.29, 1.82) is 5.26 Å². The predicted octanol–water partition coefficient (Wildman–Crippen LogP) is 2.33. The van der Waals surface area contributed by atoms with Crippen molar-refractivity contribution in [3.05, 3.63) is 87.2 Å². The predicted molar refractivity (Wildman–Crippen MR) is 107 cm³/mol. The Kier molecular flexibility index (Phi) is 5.90. The van der Waals surface area contributed by atoms with E-state index in [0.29, 0.717) is 17.2 Å². The number of benzene rings is 2. The summed E-state index contributed by atoms with van der Waals surface area (Å²) in [7, 11) is 0. The molecule has 0 aliphatic carbocycles. The zero-order valence-electron chi connectivity index (χ0n) is 15.7. The van der Waals surface area contributed by atoms with Crippen LogP contribution < -0.4 is 21.3 Å². The van der Waals surface area contributed by atoms with Crippen LogP contribution in [0.5, 0.6) is 11.5 Å². The van der Waals surface area contributed by atoms with Crippen molar-refractivity contribution in [3.8, 4) is 17.6 Å². The fraction of sp³-hybridized carbons (Fsp3) is 0.143. The molecule has 8 heteroatoms. The van der Waals surface area contributed by atoms with Gasteiger partial charge in [0.1, 0.15) is 29.7 Å². The van der Waals surface area contributed by atoms with Crippen LogP contribution in [-0.4, -0.2) is 15.0 Å². The lowest BCUT2D eigenvalue weighted by atomic mass is 10.3. The summed E-state index contributed by atoms with van der Waals surface area (Å²) in [4.78, 5) is 37.0. The number of rotatable bonds is 6. The Morgan fingerprint density at radius 2 is 1.83 bits per heavy atom. The normalized spacial score (nSPS) is 10.2. The van der Waals surface area contributed by atoms with Crippen LogP contribution in [0.2, 0.25) is 0 Å². The van der Waals surface area contributed by atoms with E-state index < -0.39 is 23.7 Å². The Morgan fingerprint density at radius 1 is 1.10 bits per heavy atom. The first-order valence-electron chi connectivity index (χ1n) is 8.89. The van der Waals surface area contributed by atoms with E-state index >= 15 is 0 Å². The minimum atomic E-state index is -0.793. The molecule has 1 heterocycles. The average Bonchev–Trinajstić information content (AvgIpc) is 2.72. The number of carbonyl (C=O) groups is 1. The van der Waals surface area contributed by atoms with Gasteiger partial charge in [0.2, 0.25) is 5.91 Å². The number of nitrogens with one attached hydrogen (secondary N) is 1. The summed E-state index contributed by atoms with van der Waals surface area (Å²) in [5.41, 5.74) is -1.19. The number of nitriles is 1. The van der Waals surface area contributed by atoms with E-state index in [1.54, 1.807) is 49.4 Å². The van der Waals surface area contributed by atoms with Gasteiger partial charge < -0.3 is 10.1 Å². The molecule has 0 bridgehead atoms. The van der Waals surface area contributed by atoms with Crippen LogP contribution >= 0.6 is 0 Å². The van der Waals surface area contributed by atoms with E-state index in [-0.39, 0.29) is 12.1 Å². The van der Waals surface area contributed by atoms with Gasteiger partial charge in [-0.25, -0.2) is 9.36 Å². The topological polar surface area (TPSA) is 106 Å². The van der Waals surface area contributed by atoms with Crippen molar-refractivity contribution < 1.29 is 9.53 Å². The fourth-order valence-corrected chi connectivity index (χ4v) is 2.70. The summed E-state index contributed by atoms with van der Waals surface area (Å²) in [5.74, 6) is 0.598. The lowest BCUT2D eigenvalue weighted by Gasteiger charge is -2.11. The molecule has 1 amide bonds. The largest absolute Gasteiger partial charge is 0.457 e. The maximum Gasteiger partial charge on any atom is 0.331 e. The number of ether oxygens (including phenoxy) is 1. The molecule has 2 aromatic carbocycles. The third-order valence-electron chi connectivity index (χ3n) is 4.10. The van der Waals surface area contributed by atoms with Crippen molar-refractivity contribution in [2.24, 2.45) is 0 Å². The molecule has 0 unspecified atom stereocenters. The summed E-state index contributed by atoms with van der Waals surface area (Å²) in [6, 6.07) is 17.7. The minimum Gasteiger partial charge on any atom is -0.457 e. The number of para-hydroxylation sites is 1. The molecule has 0 fully saturated rings. The molecule has 8 nitrogen and oxygen atoms in total. The molecule has 3 rings (SSSR count). The first-order valence-corrected chi connectivity index (χ1v) is 8.89. The van der Waals surface area contributed by atoms with Gasteiger partial charge in [0.05, 0.1) is 0 Å². The number of carbonyl (C=O) groups excluding carboxylic acids is 1. The van der Waals surface area contributed by atoms with Gasteiger partial charge in [-0.15, -0.1) is 0 Å². The minimum absolute atomic E-state index is 0.197. The molecule has 0 aliphatic heterocycles. The van der Waals surface area contributed by atoms with E-state index in [0.717, 1.165) is 4.57 Å². The first-order chi connectivity index (χ1) is 14.0. The van der Waals surface area contributed by atoms with Gasteiger partial charge in [-0.2, -0.15) is 5.26 Å². The molecule has 0 radical (unpaired) electrons. The third-order valence-corrected chi connectivity index (χ3v) is 4.10. The zero-order valence-corrected chi connectivity index (χ0v) is 15.7. The summed E-state index contributed by atoms with van der Waals surface area (Å²) in [5, 5.41) is 11.7. The lowest BCUT2D eigenvalue weighted by Crippen LogP contribution is -2.43. The smallest absolute Gasteiger partial charge is 0.331 e. The number of aromatic nitrogens is 2. The van der Waals surface area contributed by atoms with Crippen LogP contribution in [0.4, 0.5) is 5.69 Å². The maximum atomic E-state index is 12.4. The van der Waals surface area contributed by atoms with E-state index in [1.807, 2.05) is 18.2 Å². The van der Waals surface area contributed by atoms with Gasteiger partial charge in [-0.05, 0) is 31.2 Å². The monoisotopic (exact) mass is 390 g/mol. The van der Waals surface area contributed by atoms with Crippen LogP contribution in [0, 0.1) is 11.3 Å². The van der Waals surface area contributed by atoms with Crippen molar-refractivity contribution >= 4 is 11.6 Å². The third kappa shape index (κ3) is 4.59. The van der Waals surface area contributed by atoms with Gasteiger partial charge in [0.25, 0.3) is 5.56 Å². The number of hydrogen-bond donors (Lipinski definition) is 1. The van der Waals surface area contributed by atoms with E-state index in [2.05, 4.69) is 5.32 Å². The number of anilines is 1. The number of amides is 1. The van der Waals surface area contributed by atoms with Gasteiger partial charge in [-0.3, -0.25) is 14.2 Å². The molecule has 3 aromatic rings. The van der Waals surface area contributed by atoms with E-state index in [1.165, 1.54) is 10.8 Å². The van der Waals surface area contributed by atoms with E-state index in [4.69, 9.17) is 10.00 Å². The van der Waals surface area contributed by atoms with Crippen molar-refractivity contribution in [2.75, 3.05) is 5.32 Å². The molecule has 1 aromatic heterocycles. The summed E-state index contributed by atoms with van der Waals surface area (Å²) < 4.78 is 7.68. The highest BCUT2D eigenvalue weighted by Crippen LogP contribution is 2.23. The number of hydrogen-bond acceptors (Lipinski definition) is 5. The standard InChI is InChI=1S/C21H18N4O4/c1-2-24-13-15(12-22)20(27)25(21(24)28)14-19(26)23-16-7-6-10-18(11-16)29-17-8-4-3-5-9-17/h3-11,13H,2,14H2,1H3,(H,23,26). The average molecular weight is 390 g/mol. The highest BCUT2D eigenvalue weighted by atomic mass is 16.5. The Balaban J connectivity index is 1.79. The summed E-state index contributed by atoms with van der Waals surface area (Å²) in [6.45, 7) is 1.47. The Labute approximate surface area is 166 Å². The first kappa shape index (κ1) is 19.6. The van der Waals surface area contributed by atoms with E-state index in [9.17, 15) is 14.4 Å². The Bertz CT molecular complexity index is 1190. The number of aryl methyl sites for hydroxylation is 1. The van der Waals surface area contributed by atoms with Crippen LogP contribution in [0.25, 0.3) is 0 Å².